The molecule has 4 aromatic rings. The molecule has 0 unspecified atom stereocenters. The zero-order valence-electron chi connectivity index (χ0n) is 20.4. The fourth-order valence-corrected chi connectivity index (χ4v) is 5.45. The van der Waals surface area contributed by atoms with Crippen LogP contribution in [0.2, 0.25) is 0 Å². The van der Waals surface area contributed by atoms with Crippen molar-refractivity contribution in [3.8, 4) is 0 Å². The quantitative estimate of drug-likeness (QED) is 0.206. The number of nitrogens with zero attached hydrogens (tertiary/aromatic N) is 2. The van der Waals surface area contributed by atoms with Gasteiger partial charge in [-0.2, -0.15) is 0 Å². The molecule has 0 radical (unpaired) electrons. The summed E-state index contributed by atoms with van der Waals surface area (Å²) in [5.74, 6) is -1.69. The number of aromatic carboxylic acids is 1. The molecule has 0 amide bonds. The maximum atomic E-state index is 12.5. The maximum Gasteiger partial charge on any atom is 0.343 e. The molecule has 1 N–H and O–H groups in total. The molecule has 2 fully saturated rings. The van der Waals surface area contributed by atoms with E-state index in [2.05, 4.69) is 45.2 Å². The van der Waals surface area contributed by atoms with Crippen LogP contribution in [0.3, 0.4) is 0 Å². The first-order chi connectivity index (χ1) is 18.2. The van der Waals surface area contributed by atoms with Crippen LogP contribution in [-0.2, 0) is 4.74 Å². The monoisotopic (exact) mass is 738 g/mol. The zero-order chi connectivity index (χ0) is 27.1. The summed E-state index contributed by atoms with van der Waals surface area (Å²) >= 11 is 4.29. The second-order valence-electron chi connectivity index (χ2n) is 9.37. The van der Waals surface area contributed by atoms with Gasteiger partial charge in [-0.1, -0.05) is 0 Å². The lowest BCUT2D eigenvalue weighted by Gasteiger charge is -2.12. The van der Waals surface area contributed by atoms with Gasteiger partial charge in [-0.15, -0.1) is 0 Å². The summed E-state index contributed by atoms with van der Waals surface area (Å²) in [5.41, 5.74) is 1.07. The van der Waals surface area contributed by atoms with Crippen LogP contribution in [0.25, 0.3) is 21.8 Å². The summed E-state index contributed by atoms with van der Waals surface area (Å²) in [5, 5.41) is 10.2. The van der Waals surface area contributed by atoms with Gasteiger partial charge < -0.3 is 19.0 Å². The third-order valence-electron chi connectivity index (χ3n) is 6.59. The van der Waals surface area contributed by atoms with Gasteiger partial charge in [0.2, 0.25) is 10.9 Å². The van der Waals surface area contributed by atoms with Crippen LogP contribution in [0, 0.1) is 7.14 Å². The minimum Gasteiger partial charge on any atom is -0.477 e. The SMILES string of the molecule is CCOC(=O)c1cn(C2CC2)c2ccc(I)cc2c1=O.O=C(O)c1cn(C2CC2)c2ccc(I)cc2c1=O. The van der Waals surface area contributed by atoms with E-state index in [1.807, 2.05) is 39.5 Å². The van der Waals surface area contributed by atoms with Crippen molar-refractivity contribution in [3.63, 3.8) is 0 Å². The van der Waals surface area contributed by atoms with E-state index >= 15 is 0 Å². The van der Waals surface area contributed by atoms with Gasteiger partial charge in [-0.25, -0.2) is 9.59 Å². The van der Waals surface area contributed by atoms with E-state index in [-0.39, 0.29) is 23.2 Å². The number of benzene rings is 2. The van der Waals surface area contributed by atoms with Crippen molar-refractivity contribution in [1.29, 1.82) is 0 Å². The van der Waals surface area contributed by atoms with Crippen LogP contribution < -0.4 is 10.9 Å². The molecule has 8 nitrogen and oxygen atoms in total. The van der Waals surface area contributed by atoms with Gasteiger partial charge in [0.25, 0.3) is 0 Å². The number of hydrogen-bond donors (Lipinski definition) is 1. The number of ether oxygens (including phenoxy) is 1. The number of esters is 1. The summed E-state index contributed by atoms with van der Waals surface area (Å²) in [6.07, 6.45) is 7.41. The number of fused-ring (bicyclic) bond motifs is 2. The van der Waals surface area contributed by atoms with E-state index in [0.29, 0.717) is 22.9 Å². The fraction of sp³-hybridized carbons (Fsp3) is 0.286. The van der Waals surface area contributed by atoms with Crippen molar-refractivity contribution in [2.45, 2.75) is 44.7 Å². The number of halogens is 2. The average molecular weight is 738 g/mol. The van der Waals surface area contributed by atoms with Crippen molar-refractivity contribution >= 4 is 78.9 Å². The molecular weight excluding hydrogens is 714 g/mol. The second-order valence-corrected chi connectivity index (χ2v) is 11.9. The predicted octanol–water partition coefficient (Wildman–Crippen LogP) is 5.76. The number of carbonyl (C=O) groups is 2. The topological polar surface area (TPSA) is 108 Å². The lowest BCUT2D eigenvalue weighted by Crippen LogP contribution is -2.20. The van der Waals surface area contributed by atoms with E-state index in [1.54, 1.807) is 19.2 Å². The van der Waals surface area contributed by atoms with Crippen LogP contribution in [0.5, 0.6) is 0 Å². The molecule has 196 valence electrons. The summed E-state index contributed by atoms with van der Waals surface area (Å²) in [6, 6.07) is 12.1. The molecule has 2 aromatic carbocycles. The van der Waals surface area contributed by atoms with Gasteiger partial charge >= 0.3 is 11.9 Å². The van der Waals surface area contributed by atoms with Crippen LogP contribution in [0.15, 0.2) is 58.4 Å². The third-order valence-corrected chi connectivity index (χ3v) is 7.94. The molecule has 6 rings (SSSR count). The number of carboxylic acids is 1. The van der Waals surface area contributed by atoms with Gasteiger partial charge in [0.05, 0.1) is 17.6 Å². The minimum atomic E-state index is -1.16. The van der Waals surface area contributed by atoms with E-state index in [0.717, 1.165) is 43.9 Å². The van der Waals surface area contributed by atoms with Crippen LogP contribution in [-0.4, -0.2) is 32.8 Å². The number of carboxylic acid groups (broad SMARTS) is 1. The molecule has 0 saturated heterocycles. The Morgan fingerprint density at radius 3 is 1.71 bits per heavy atom. The smallest absolute Gasteiger partial charge is 0.343 e. The Bertz CT molecular complexity index is 1720. The van der Waals surface area contributed by atoms with Gasteiger partial charge in [0.1, 0.15) is 11.1 Å². The number of aromatic nitrogens is 2. The Kier molecular flexibility index (Phi) is 7.63. The van der Waals surface area contributed by atoms with Crippen molar-refractivity contribution in [1.82, 2.24) is 9.13 Å². The zero-order valence-corrected chi connectivity index (χ0v) is 24.8. The lowest BCUT2D eigenvalue weighted by atomic mass is 10.1. The molecule has 10 heteroatoms. The Morgan fingerprint density at radius 1 is 0.842 bits per heavy atom. The molecule has 2 heterocycles. The summed E-state index contributed by atoms with van der Waals surface area (Å²) < 4.78 is 10.9. The highest BCUT2D eigenvalue weighted by Crippen LogP contribution is 2.38. The Hall–Kier alpha value is -2.74. The molecule has 2 aliphatic rings. The fourth-order valence-electron chi connectivity index (χ4n) is 4.47. The average Bonchev–Trinajstić information content (AvgIpc) is 3.79. The molecule has 2 saturated carbocycles. The molecule has 0 bridgehead atoms. The number of hydrogen-bond acceptors (Lipinski definition) is 5. The maximum absolute atomic E-state index is 12.5. The lowest BCUT2D eigenvalue weighted by molar-refractivity contribution is 0.0523. The van der Waals surface area contributed by atoms with Gasteiger partial charge in [0, 0.05) is 42.4 Å². The number of pyridine rings is 2. The van der Waals surface area contributed by atoms with E-state index in [9.17, 15) is 19.2 Å². The summed E-state index contributed by atoms with van der Waals surface area (Å²) in [6.45, 7) is 2.01. The van der Waals surface area contributed by atoms with Gasteiger partial charge in [0.15, 0.2) is 0 Å². The van der Waals surface area contributed by atoms with E-state index < -0.39 is 17.4 Å². The number of carbonyl (C=O) groups excluding carboxylic acids is 1. The van der Waals surface area contributed by atoms with Crippen molar-refractivity contribution in [2.24, 2.45) is 0 Å². The van der Waals surface area contributed by atoms with E-state index in [4.69, 9.17) is 9.84 Å². The first-order valence-corrected chi connectivity index (χ1v) is 14.4. The van der Waals surface area contributed by atoms with Crippen LogP contribution >= 0.6 is 45.2 Å². The molecular formula is C28H24I2N2O6. The van der Waals surface area contributed by atoms with E-state index in [1.165, 1.54) is 6.20 Å². The first kappa shape index (κ1) is 26.9. The summed E-state index contributed by atoms with van der Waals surface area (Å²) in [4.78, 5) is 47.7. The summed E-state index contributed by atoms with van der Waals surface area (Å²) in [7, 11) is 0. The normalized spacial score (nSPS) is 14.7. The molecule has 2 aromatic heterocycles. The highest BCUT2D eigenvalue weighted by molar-refractivity contribution is 14.1. The highest BCUT2D eigenvalue weighted by Gasteiger charge is 2.28. The standard InChI is InChI=1S/C15H14INO3.C13H10INO3/c1-2-20-15(19)12-8-17(10-4-5-10)13-6-3-9(16)7-11(13)14(12)18;14-7-1-4-11-9(5-7)12(16)10(13(17)18)6-15(11)8-2-3-8/h3,6-8,10H,2,4-5H2,1H3;1,4-6,8H,2-3H2,(H,17,18). The van der Waals surface area contributed by atoms with Crippen molar-refractivity contribution in [3.05, 3.63) is 87.5 Å². The molecule has 0 atom stereocenters. The third kappa shape index (κ3) is 5.37. The van der Waals surface area contributed by atoms with Crippen LogP contribution in [0.1, 0.15) is 65.4 Å². The first-order valence-electron chi connectivity index (χ1n) is 12.3. The predicted molar refractivity (Wildman–Crippen MR) is 161 cm³/mol. The molecule has 2 aliphatic carbocycles. The minimum absolute atomic E-state index is 0.133. The Balaban J connectivity index is 0.000000156. The molecule has 0 aliphatic heterocycles. The van der Waals surface area contributed by atoms with Gasteiger partial charge in [-0.3, -0.25) is 9.59 Å². The Morgan fingerprint density at radius 2 is 1.29 bits per heavy atom. The largest absolute Gasteiger partial charge is 0.477 e. The van der Waals surface area contributed by atoms with Crippen molar-refractivity contribution in [2.75, 3.05) is 6.61 Å². The highest BCUT2D eigenvalue weighted by atomic mass is 127. The second kappa shape index (κ2) is 10.8. The molecule has 0 spiro atoms. The van der Waals surface area contributed by atoms with Crippen LogP contribution in [0.4, 0.5) is 0 Å². The Labute approximate surface area is 244 Å². The molecule has 38 heavy (non-hydrogen) atoms. The van der Waals surface area contributed by atoms with Crippen molar-refractivity contribution < 1.29 is 19.4 Å². The van der Waals surface area contributed by atoms with Gasteiger partial charge in [-0.05, 0) is 114 Å². The number of rotatable bonds is 5.